The number of halogens is 1. The van der Waals surface area contributed by atoms with Crippen LogP contribution in [0.5, 0.6) is 0 Å². The van der Waals surface area contributed by atoms with Gasteiger partial charge in [-0.1, -0.05) is 11.6 Å². The Bertz CT molecular complexity index is 623. The highest BCUT2D eigenvalue weighted by Gasteiger charge is 2.12. The van der Waals surface area contributed by atoms with E-state index in [2.05, 4.69) is 20.1 Å². The van der Waals surface area contributed by atoms with Gasteiger partial charge in [0.25, 0.3) is 0 Å². The van der Waals surface area contributed by atoms with Gasteiger partial charge in [-0.2, -0.15) is 5.10 Å². The van der Waals surface area contributed by atoms with E-state index in [4.69, 9.17) is 11.6 Å². The first-order chi connectivity index (χ1) is 6.77. The average molecular weight is 208 g/mol. The molecule has 0 aromatic carbocycles. The molecule has 0 amide bonds. The molecule has 0 aliphatic carbocycles. The summed E-state index contributed by atoms with van der Waals surface area (Å²) in [6.07, 6.45) is 3.18. The first kappa shape index (κ1) is 7.75. The first-order valence-electron chi connectivity index (χ1n) is 4.07. The van der Waals surface area contributed by atoms with Crippen molar-refractivity contribution < 1.29 is 0 Å². The van der Waals surface area contributed by atoms with Gasteiger partial charge in [-0.3, -0.25) is 4.68 Å². The number of nitrogens with one attached hydrogen (secondary N) is 1. The van der Waals surface area contributed by atoms with Crippen molar-refractivity contribution in [2.75, 3.05) is 0 Å². The zero-order valence-electron chi connectivity index (χ0n) is 7.32. The van der Waals surface area contributed by atoms with Crippen LogP contribution in [0.25, 0.3) is 22.1 Å². The zero-order valence-corrected chi connectivity index (χ0v) is 8.08. The van der Waals surface area contributed by atoms with Crippen LogP contribution in [0, 0.1) is 0 Å². The third kappa shape index (κ3) is 0.820. The van der Waals surface area contributed by atoms with Crippen molar-refractivity contribution in [1.29, 1.82) is 0 Å². The highest BCUT2D eigenvalue weighted by Crippen LogP contribution is 2.27. The minimum absolute atomic E-state index is 0.449. The van der Waals surface area contributed by atoms with E-state index < -0.39 is 0 Å². The van der Waals surface area contributed by atoms with E-state index >= 15 is 0 Å². The molecule has 3 rings (SSSR count). The third-order valence-electron chi connectivity index (χ3n) is 2.23. The molecule has 14 heavy (non-hydrogen) atoms. The molecule has 0 atom stereocenters. The molecule has 0 spiro atoms. The predicted molar refractivity (Wildman–Crippen MR) is 53.2 cm³/mol. The lowest BCUT2D eigenvalue weighted by Crippen LogP contribution is -1.89. The predicted octanol–water partition coefficient (Wildman–Crippen LogP) is 1.50. The SMILES string of the molecule is Cn1ncc2[nH]c3ncnc(Cl)c3c21. The van der Waals surface area contributed by atoms with Crippen LogP contribution in [-0.2, 0) is 7.05 Å². The van der Waals surface area contributed by atoms with E-state index in [1.165, 1.54) is 6.33 Å². The molecule has 5 nitrogen and oxygen atoms in total. The summed E-state index contributed by atoms with van der Waals surface area (Å²) >= 11 is 5.99. The Morgan fingerprint density at radius 2 is 2.29 bits per heavy atom. The lowest BCUT2D eigenvalue weighted by atomic mass is 10.3. The van der Waals surface area contributed by atoms with Gasteiger partial charge in [-0.05, 0) is 0 Å². The molecule has 6 heteroatoms. The highest BCUT2D eigenvalue weighted by atomic mass is 35.5. The summed E-state index contributed by atoms with van der Waals surface area (Å²) in [6, 6.07) is 0. The van der Waals surface area contributed by atoms with Crippen molar-refractivity contribution >= 4 is 33.7 Å². The minimum Gasteiger partial charge on any atom is -0.336 e. The summed E-state index contributed by atoms with van der Waals surface area (Å²) in [5.41, 5.74) is 2.60. The quantitative estimate of drug-likeness (QED) is 0.569. The number of aryl methyl sites for hydroxylation is 1. The van der Waals surface area contributed by atoms with Crippen molar-refractivity contribution in [3.8, 4) is 0 Å². The molecule has 0 radical (unpaired) electrons. The maximum Gasteiger partial charge on any atom is 0.144 e. The molecule has 0 saturated heterocycles. The van der Waals surface area contributed by atoms with Crippen LogP contribution in [-0.4, -0.2) is 24.7 Å². The van der Waals surface area contributed by atoms with E-state index in [0.29, 0.717) is 5.15 Å². The van der Waals surface area contributed by atoms with Gasteiger partial charge < -0.3 is 4.98 Å². The van der Waals surface area contributed by atoms with Crippen molar-refractivity contribution in [2.45, 2.75) is 0 Å². The smallest absolute Gasteiger partial charge is 0.144 e. The third-order valence-corrected chi connectivity index (χ3v) is 2.52. The first-order valence-corrected chi connectivity index (χ1v) is 4.45. The summed E-state index contributed by atoms with van der Waals surface area (Å²) in [5, 5.41) is 5.39. The van der Waals surface area contributed by atoms with Gasteiger partial charge >= 0.3 is 0 Å². The second kappa shape index (κ2) is 2.45. The Labute approximate surface area is 83.7 Å². The Balaban J connectivity index is 2.68. The largest absolute Gasteiger partial charge is 0.336 e. The van der Waals surface area contributed by atoms with Crippen LogP contribution in [0.2, 0.25) is 5.15 Å². The molecule has 0 fully saturated rings. The number of nitrogens with zero attached hydrogens (tertiary/aromatic N) is 4. The molecule has 3 aromatic rings. The molecule has 3 aromatic heterocycles. The van der Waals surface area contributed by atoms with Crippen LogP contribution >= 0.6 is 11.6 Å². The van der Waals surface area contributed by atoms with Crippen molar-refractivity contribution in [2.24, 2.45) is 7.05 Å². The van der Waals surface area contributed by atoms with Crippen molar-refractivity contribution in [1.82, 2.24) is 24.7 Å². The Kier molecular flexibility index (Phi) is 1.36. The van der Waals surface area contributed by atoms with Gasteiger partial charge in [0.2, 0.25) is 0 Å². The van der Waals surface area contributed by atoms with Crippen LogP contribution < -0.4 is 0 Å². The van der Waals surface area contributed by atoms with Crippen molar-refractivity contribution in [3.05, 3.63) is 17.7 Å². The number of rotatable bonds is 0. The lowest BCUT2D eigenvalue weighted by Gasteiger charge is -1.93. The summed E-state index contributed by atoms with van der Waals surface area (Å²) in [7, 11) is 1.86. The second-order valence-corrected chi connectivity index (χ2v) is 3.40. The Morgan fingerprint density at radius 3 is 3.14 bits per heavy atom. The van der Waals surface area contributed by atoms with E-state index in [-0.39, 0.29) is 0 Å². The van der Waals surface area contributed by atoms with E-state index in [9.17, 15) is 0 Å². The number of H-pyrrole nitrogens is 1. The van der Waals surface area contributed by atoms with E-state index in [1.807, 2.05) is 7.05 Å². The topological polar surface area (TPSA) is 59.4 Å². The standard InChI is InChI=1S/C8H6ClN5/c1-14-6-4(2-12-14)13-8-5(6)7(9)10-3-11-8/h2-3H,1H3,(H,10,11,13). The molecule has 3 heterocycles. The Hall–Kier alpha value is -1.62. The molecule has 0 unspecified atom stereocenters. The monoisotopic (exact) mass is 207 g/mol. The molecule has 0 aliphatic heterocycles. The molecular formula is C8H6ClN5. The van der Waals surface area contributed by atoms with E-state index in [1.54, 1.807) is 10.9 Å². The summed E-state index contributed by atoms with van der Waals surface area (Å²) in [6.45, 7) is 0. The molecule has 0 saturated carbocycles. The average Bonchev–Trinajstić information content (AvgIpc) is 2.67. The maximum absolute atomic E-state index is 5.99. The van der Waals surface area contributed by atoms with Crippen molar-refractivity contribution in [3.63, 3.8) is 0 Å². The van der Waals surface area contributed by atoms with Gasteiger partial charge in [-0.15, -0.1) is 0 Å². The number of aromatic amines is 1. The summed E-state index contributed by atoms with van der Waals surface area (Å²) in [4.78, 5) is 11.2. The number of hydrogen-bond donors (Lipinski definition) is 1. The highest BCUT2D eigenvalue weighted by molar-refractivity contribution is 6.36. The number of aromatic nitrogens is 5. The molecular weight excluding hydrogens is 202 g/mol. The fraction of sp³-hybridized carbons (Fsp3) is 0.125. The van der Waals surface area contributed by atoms with Crippen LogP contribution in [0.3, 0.4) is 0 Å². The molecule has 0 aliphatic rings. The number of fused-ring (bicyclic) bond motifs is 3. The van der Waals surface area contributed by atoms with Gasteiger partial charge in [-0.25, -0.2) is 9.97 Å². The Morgan fingerprint density at radius 1 is 1.43 bits per heavy atom. The van der Waals surface area contributed by atoms with Gasteiger partial charge in [0, 0.05) is 7.05 Å². The fourth-order valence-electron chi connectivity index (χ4n) is 1.62. The van der Waals surface area contributed by atoms with Gasteiger partial charge in [0.1, 0.15) is 17.1 Å². The summed E-state index contributed by atoms with van der Waals surface area (Å²) < 4.78 is 1.75. The second-order valence-electron chi connectivity index (χ2n) is 3.04. The normalized spacial score (nSPS) is 11.6. The fourth-order valence-corrected chi connectivity index (χ4v) is 1.84. The molecule has 0 bridgehead atoms. The van der Waals surface area contributed by atoms with Gasteiger partial charge in [0.05, 0.1) is 22.6 Å². The van der Waals surface area contributed by atoms with Crippen LogP contribution in [0.1, 0.15) is 0 Å². The molecule has 70 valence electrons. The lowest BCUT2D eigenvalue weighted by molar-refractivity contribution is 0.799. The van der Waals surface area contributed by atoms with Gasteiger partial charge in [0.15, 0.2) is 0 Å². The van der Waals surface area contributed by atoms with E-state index in [0.717, 1.165) is 22.1 Å². The maximum atomic E-state index is 5.99. The zero-order chi connectivity index (χ0) is 9.71. The number of hydrogen-bond acceptors (Lipinski definition) is 3. The van der Waals surface area contributed by atoms with Crippen LogP contribution in [0.4, 0.5) is 0 Å². The summed E-state index contributed by atoms with van der Waals surface area (Å²) in [5.74, 6) is 0. The van der Waals surface area contributed by atoms with Crippen LogP contribution in [0.15, 0.2) is 12.5 Å². The minimum atomic E-state index is 0.449. The molecule has 1 N–H and O–H groups in total.